The van der Waals surface area contributed by atoms with E-state index in [0.717, 1.165) is 53.0 Å². The zero-order chi connectivity index (χ0) is 29.3. The molecule has 0 bridgehead atoms. The van der Waals surface area contributed by atoms with Crippen LogP contribution in [0.15, 0.2) is 81.4 Å². The summed E-state index contributed by atoms with van der Waals surface area (Å²) in [5.41, 5.74) is 2.70. The molecule has 3 aromatic carbocycles. The normalized spacial score (nSPS) is 11.2. The summed E-state index contributed by atoms with van der Waals surface area (Å²) in [6, 6.07) is 20.7. The molecule has 3 rings (SSSR count). The van der Waals surface area contributed by atoms with Crippen molar-refractivity contribution < 1.29 is 17.7 Å². The van der Waals surface area contributed by atoms with Gasteiger partial charge in [-0.05, 0) is 65.9 Å². The van der Waals surface area contributed by atoms with Crippen molar-refractivity contribution >= 4 is 21.9 Å². The van der Waals surface area contributed by atoms with Crippen molar-refractivity contribution in [2.24, 2.45) is 0 Å². The van der Waals surface area contributed by atoms with E-state index in [-0.39, 0.29) is 4.90 Å². The van der Waals surface area contributed by atoms with Gasteiger partial charge in [-0.15, -0.1) is 5.92 Å². The number of hydrogen-bond acceptors (Lipinski definition) is 4. The molecule has 0 saturated carbocycles. The molecular weight excluding hydrogens is 549 g/mol. The molecule has 0 amide bonds. The first-order valence-corrected chi connectivity index (χ1v) is 17.2. The van der Waals surface area contributed by atoms with Gasteiger partial charge in [-0.25, -0.2) is 0 Å². The molecule has 0 aliphatic carbocycles. The molecule has 0 fully saturated rings. The van der Waals surface area contributed by atoms with Crippen molar-refractivity contribution in [1.29, 1.82) is 0 Å². The Morgan fingerprint density at radius 3 is 2.17 bits per heavy atom. The van der Waals surface area contributed by atoms with Gasteiger partial charge in [0, 0.05) is 22.6 Å². The molecule has 220 valence electrons. The highest BCUT2D eigenvalue weighted by Crippen LogP contribution is 2.37. The van der Waals surface area contributed by atoms with E-state index >= 15 is 0 Å². The fourth-order valence-corrected chi connectivity index (χ4v) is 6.44. The summed E-state index contributed by atoms with van der Waals surface area (Å²) in [7, 11) is -4.43. The largest absolute Gasteiger partial charge is 0.494 e. The molecule has 0 atom stereocenters. The maximum atomic E-state index is 12.4. The topological polar surface area (TPSA) is 63.6 Å². The first-order valence-electron chi connectivity index (χ1n) is 15.0. The minimum atomic E-state index is -4.43. The summed E-state index contributed by atoms with van der Waals surface area (Å²) >= 11 is 1.30. The van der Waals surface area contributed by atoms with E-state index in [1.165, 1.54) is 56.7 Å². The summed E-state index contributed by atoms with van der Waals surface area (Å²) in [6.07, 6.45) is 13.9. The summed E-state index contributed by atoms with van der Waals surface area (Å²) in [5.74, 6) is 7.41. The van der Waals surface area contributed by atoms with Gasteiger partial charge in [-0.2, -0.15) is 8.42 Å². The van der Waals surface area contributed by atoms with Crippen LogP contribution < -0.4 is 4.74 Å². The van der Waals surface area contributed by atoms with Gasteiger partial charge in [0.05, 0.1) is 6.61 Å². The number of benzene rings is 3. The molecule has 0 spiro atoms. The fraction of sp³-hybridized carbons (Fsp3) is 0.429. The van der Waals surface area contributed by atoms with E-state index in [2.05, 4.69) is 25.7 Å². The molecule has 0 saturated heterocycles. The van der Waals surface area contributed by atoms with Crippen molar-refractivity contribution in [3.63, 3.8) is 0 Å². The van der Waals surface area contributed by atoms with Crippen LogP contribution in [0.4, 0.5) is 0 Å². The molecule has 0 unspecified atom stereocenters. The van der Waals surface area contributed by atoms with Gasteiger partial charge >= 0.3 is 0 Å². The van der Waals surface area contributed by atoms with E-state index in [1.54, 1.807) is 12.1 Å². The van der Waals surface area contributed by atoms with Gasteiger partial charge in [-0.3, -0.25) is 4.55 Å². The minimum absolute atomic E-state index is 0.0983. The molecule has 6 heteroatoms. The van der Waals surface area contributed by atoms with Crippen LogP contribution in [0.2, 0.25) is 0 Å². The molecule has 3 aromatic rings. The van der Waals surface area contributed by atoms with Crippen molar-refractivity contribution in [2.45, 2.75) is 106 Å². The lowest BCUT2D eigenvalue weighted by Crippen LogP contribution is -2.01. The van der Waals surface area contributed by atoms with E-state index in [4.69, 9.17) is 4.74 Å². The zero-order valence-electron chi connectivity index (χ0n) is 24.5. The van der Waals surface area contributed by atoms with Gasteiger partial charge in [-0.1, -0.05) is 113 Å². The van der Waals surface area contributed by atoms with E-state index < -0.39 is 10.1 Å². The average Bonchev–Trinajstić information content (AvgIpc) is 2.97. The van der Waals surface area contributed by atoms with Gasteiger partial charge in [0.25, 0.3) is 10.1 Å². The van der Waals surface area contributed by atoms with Crippen LogP contribution >= 0.6 is 11.8 Å². The molecular formula is C35H44O4S2. The minimum Gasteiger partial charge on any atom is -0.494 e. The fourth-order valence-electron chi connectivity index (χ4n) is 4.58. The summed E-state index contributed by atoms with van der Waals surface area (Å²) < 4.78 is 40.6. The number of hydrogen-bond donors (Lipinski definition) is 1. The Balaban J connectivity index is 1.66. The summed E-state index contributed by atoms with van der Waals surface area (Å²) in [6.45, 7) is 5.03. The maximum Gasteiger partial charge on any atom is 0.295 e. The van der Waals surface area contributed by atoms with E-state index in [9.17, 15) is 13.0 Å². The lowest BCUT2D eigenvalue weighted by atomic mass is 9.98. The molecule has 0 aliphatic rings. The quantitative estimate of drug-likeness (QED) is 0.0960. The maximum absolute atomic E-state index is 12.4. The second-order valence-electron chi connectivity index (χ2n) is 10.3. The molecule has 0 radical (unpaired) electrons. The third-order valence-electron chi connectivity index (χ3n) is 6.93. The van der Waals surface area contributed by atoms with E-state index in [1.807, 2.05) is 54.6 Å². The Morgan fingerprint density at radius 1 is 0.780 bits per heavy atom. The van der Waals surface area contributed by atoms with Gasteiger partial charge in [0.2, 0.25) is 0 Å². The van der Waals surface area contributed by atoms with Crippen LogP contribution in [-0.2, 0) is 16.5 Å². The first-order chi connectivity index (χ1) is 19.9. The second kappa shape index (κ2) is 18.0. The first kappa shape index (κ1) is 32.8. The molecule has 0 aliphatic heterocycles. The standard InChI is InChI=1S/C35H44O4S2/c1-3-5-7-8-9-10-11-12-13-14-15-18-29-19-16-17-20-33(29)30-21-26-34(35(28-30)41(36,37)38)40-32-24-22-31(23-25-32)39-27-6-4-2/h16-17,19-26,28H,3-13,18,27H2,1-2H3,(H,36,37,38). The number of rotatable bonds is 17. The van der Waals surface area contributed by atoms with Gasteiger partial charge in [0.1, 0.15) is 10.6 Å². The number of ether oxygens (including phenoxy) is 1. The third-order valence-corrected chi connectivity index (χ3v) is 9.03. The Kier molecular flexibility index (Phi) is 14.4. The van der Waals surface area contributed by atoms with E-state index in [0.29, 0.717) is 17.9 Å². The van der Waals surface area contributed by atoms with Crippen LogP contribution in [0.1, 0.15) is 90.0 Å². The van der Waals surface area contributed by atoms with Crippen molar-refractivity contribution in [3.8, 4) is 28.7 Å². The van der Waals surface area contributed by atoms with Gasteiger partial charge in [0.15, 0.2) is 0 Å². The molecule has 0 heterocycles. The molecule has 4 nitrogen and oxygen atoms in total. The lowest BCUT2D eigenvalue weighted by molar-refractivity contribution is 0.309. The van der Waals surface area contributed by atoms with Crippen molar-refractivity contribution in [2.75, 3.05) is 6.61 Å². The highest BCUT2D eigenvalue weighted by atomic mass is 32.2. The van der Waals surface area contributed by atoms with Gasteiger partial charge < -0.3 is 4.74 Å². The zero-order valence-corrected chi connectivity index (χ0v) is 26.2. The Bertz CT molecular complexity index is 1370. The molecule has 0 aromatic heterocycles. The molecule has 1 N–H and O–H groups in total. The second-order valence-corrected chi connectivity index (χ2v) is 12.8. The predicted octanol–water partition coefficient (Wildman–Crippen LogP) is 10.0. The Hall–Kier alpha value is -2.72. The van der Waals surface area contributed by atoms with Crippen molar-refractivity contribution in [1.82, 2.24) is 0 Å². The summed E-state index contributed by atoms with van der Waals surface area (Å²) in [5, 5.41) is 0. The highest BCUT2D eigenvalue weighted by Gasteiger charge is 2.18. The predicted molar refractivity (Wildman–Crippen MR) is 171 cm³/mol. The lowest BCUT2D eigenvalue weighted by Gasteiger charge is -2.12. The van der Waals surface area contributed by atoms with Crippen LogP contribution in [0, 0.1) is 11.8 Å². The Labute approximate surface area is 252 Å². The third kappa shape index (κ3) is 11.6. The van der Waals surface area contributed by atoms with Crippen LogP contribution in [-0.4, -0.2) is 19.6 Å². The monoisotopic (exact) mass is 592 g/mol. The van der Waals surface area contributed by atoms with Crippen LogP contribution in [0.25, 0.3) is 11.1 Å². The summed E-state index contributed by atoms with van der Waals surface area (Å²) in [4.78, 5) is 1.23. The van der Waals surface area contributed by atoms with Crippen molar-refractivity contribution in [3.05, 3.63) is 72.3 Å². The average molecular weight is 593 g/mol. The van der Waals surface area contributed by atoms with Crippen LogP contribution in [0.3, 0.4) is 0 Å². The SMILES string of the molecule is CCCCCCCCCCC#CCc1ccccc1-c1ccc(Sc2ccc(OCCCC)cc2)c(S(=O)(=O)O)c1. The highest BCUT2D eigenvalue weighted by molar-refractivity contribution is 8.00. The Morgan fingerprint density at radius 2 is 1.46 bits per heavy atom. The smallest absolute Gasteiger partial charge is 0.295 e. The number of unbranched alkanes of at least 4 members (excludes halogenated alkanes) is 9. The molecule has 41 heavy (non-hydrogen) atoms. The van der Waals surface area contributed by atoms with Crippen LogP contribution in [0.5, 0.6) is 5.75 Å².